The number of guanidine groups is 1. The number of thioether (sulfide) groups is 1. The zero-order valence-electron chi connectivity index (χ0n) is 14.2. The van der Waals surface area contributed by atoms with E-state index in [9.17, 15) is 0 Å². The van der Waals surface area contributed by atoms with Gasteiger partial charge in [-0.05, 0) is 17.4 Å². The van der Waals surface area contributed by atoms with E-state index < -0.39 is 0 Å². The highest BCUT2D eigenvalue weighted by atomic mass is 127. The van der Waals surface area contributed by atoms with Crippen LogP contribution >= 0.6 is 35.7 Å². The van der Waals surface area contributed by atoms with Gasteiger partial charge in [0, 0.05) is 31.8 Å². The molecule has 130 valence electrons. The molecule has 0 aliphatic carbocycles. The van der Waals surface area contributed by atoms with Gasteiger partial charge >= 0.3 is 0 Å². The number of rotatable bonds is 7. The number of nitrogens with zero attached hydrogens (tertiary/aromatic N) is 1. The fraction of sp³-hybridized carbons (Fsp3) is 0.316. The van der Waals surface area contributed by atoms with Crippen LogP contribution in [0.3, 0.4) is 0 Å². The second-order valence-electron chi connectivity index (χ2n) is 5.25. The average molecular weight is 455 g/mol. The van der Waals surface area contributed by atoms with Gasteiger partial charge in [-0.1, -0.05) is 60.7 Å². The largest absolute Gasteiger partial charge is 0.356 e. The predicted octanol–water partition coefficient (Wildman–Crippen LogP) is 3.96. The SMILES string of the molecule is CN=C(NCCSC)NCC(c1ccccc1)c1ccccc1.I. The van der Waals surface area contributed by atoms with Crippen LogP contribution in [0.4, 0.5) is 0 Å². The monoisotopic (exact) mass is 455 g/mol. The molecular weight excluding hydrogens is 429 g/mol. The Labute approximate surface area is 166 Å². The van der Waals surface area contributed by atoms with Crippen molar-refractivity contribution in [3.8, 4) is 0 Å². The first kappa shape index (κ1) is 20.8. The topological polar surface area (TPSA) is 36.4 Å². The fourth-order valence-electron chi connectivity index (χ4n) is 2.49. The summed E-state index contributed by atoms with van der Waals surface area (Å²) in [7, 11) is 1.81. The molecule has 0 aliphatic rings. The van der Waals surface area contributed by atoms with E-state index in [0.717, 1.165) is 24.8 Å². The summed E-state index contributed by atoms with van der Waals surface area (Å²) in [6, 6.07) is 21.2. The molecule has 0 spiro atoms. The lowest BCUT2D eigenvalue weighted by molar-refractivity contribution is 0.734. The third kappa shape index (κ3) is 6.73. The van der Waals surface area contributed by atoms with Crippen molar-refractivity contribution in [2.75, 3.05) is 32.1 Å². The van der Waals surface area contributed by atoms with E-state index in [0.29, 0.717) is 5.92 Å². The minimum Gasteiger partial charge on any atom is -0.356 e. The summed E-state index contributed by atoms with van der Waals surface area (Å²) >= 11 is 1.83. The Balaban J connectivity index is 0.00000288. The van der Waals surface area contributed by atoms with E-state index in [4.69, 9.17) is 0 Å². The molecule has 0 aliphatic heterocycles. The van der Waals surface area contributed by atoms with Gasteiger partial charge in [-0.25, -0.2) is 0 Å². The summed E-state index contributed by atoms with van der Waals surface area (Å²) in [6.07, 6.45) is 2.11. The van der Waals surface area contributed by atoms with Crippen LogP contribution in [0.15, 0.2) is 65.7 Å². The van der Waals surface area contributed by atoms with Gasteiger partial charge in [-0.2, -0.15) is 11.8 Å². The quantitative estimate of drug-likeness (QED) is 0.287. The number of benzene rings is 2. The molecule has 0 atom stereocenters. The highest BCUT2D eigenvalue weighted by Gasteiger charge is 2.14. The van der Waals surface area contributed by atoms with Crippen LogP contribution in [0.2, 0.25) is 0 Å². The van der Waals surface area contributed by atoms with E-state index in [2.05, 4.69) is 82.5 Å². The average Bonchev–Trinajstić information content (AvgIpc) is 2.62. The Hall–Kier alpha value is -1.21. The van der Waals surface area contributed by atoms with Crippen LogP contribution < -0.4 is 10.6 Å². The molecule has 5 heteroatoms. The second-order valence-corrected chi connectivity index (χ2v) is 6.23. The molecule has 0 unspecified atom stereocenters. The molecular formula is C19H26IN3S. The maximum Gasteiger partial charge on any atom is 0.191 e. The predicted molar refractivity (Wildman–Crippen MR) is 118 cm³/mol. The van der Waals surface area contributed by atoms with Crippen molar-refractivity contribution < 1.29 is 0 Å². The van der Waals surface area contributed by atoms with Crippen LogP contribution in [0.5, 0.6) is 0 Å². The molecule has 0 saturated heterocycles. The third-order valence-electron chi connectivity index (χ3n) is 3.70. The molecule has 2 aromatic carbocycles. The zero-order chi connectivity index (χ0) is 16.3. The summed E-state index contributed by atoms with van der Waals surface area (Å²) in [5, 5.41) is 6.80. The lowest BCUT2D eigenvalue weighted by Gasteiger charge is -2.20. The number of halogens is 1. The molecule has 0 aromatic heterocycles. The first-order valence-corrected chi connectivity index (χ1v) is 9.28. The minimum atomic E-state index is 0. The van der Waals surface area contributed by atoms with Crippen molar-refractivity contribution in [3.63, 3.8) is 0 Å². The summed E-state index contributed by atoms with van der Waals surface area (Å²) in [5.41, 5.74) is 2.62. The molecule has 0 radical (unpaired) electrons. The lowest BCUT2D eigenvalue weighted by Crippen LogP contribution is -2.40. The van der Waals surface area contributed by atoms with E-state index >= 15 is 0 Å². The van der Waals surface area contributed by atoms with Crippen LogP contribution in [0, 0.1) is 0 Å². The lowest BCUT2D eigenvalue weighted by atomic mass is 9.91. The molecule has 0 saturated carbocycles. The van der Waals surface area contributed by atoms with Gasteiger partial charge in [-0.15, -0.1) is 24.0 Å². The highest BCUT2D eigenvalue weighted by molar-refractivity contribution is 14.0. The van der Waals surface area contributed by atoms with Gasteiger partial charge in [0.2, 0.25) is 0 Å². The van der Waals surface area contributed by atoms with Crippen molar-refractivity contribution >= 4 is 41.7 Å². The van der Waals surface area contributed by atoms with Gasteiger partial charge in [0.25, 0.3) is 0 Å². The Morgan fingerprint density at radius 2 is 1.50 bits per heavy atom. The number of hydrogen-bond acceptors (Lipinski definition) is 2. The molecule has 0 heterocycles. The van der Waals surface area contributed by atoms with Gasteiger partial charge in [-0.3, -0.25) is 4.99 Å². The van der Waals surface area contributed by atoms with Gasteiger partial charge in [0.05, 0.1) is 0 Å². The molecule has 2 rings (SSSR count). The standard InChI is InChI=1S/C19H25N3S.HI/c1-20-19(21-13-14-23-2)22-15-18(16-9-5-3-6-10-16)17-11-7-4-8-12-17;/h3-12,18H,13-15H2,1-2H3,(H2,20,21,22);1H. The van der Waals surface area contributed by atoms with Crippen molar-refractivity contribution in [2.24, 2.45) is 4.99 Å². The summed E-state index contributed by atoms with van der Waals surface area (Å²) in [6.45, 7) is 1.73. The number of aliphatic imine (C=N–C) groups is 1. The minimum absolute atomic E-state index is 0. The van der Waals surface area contributed by atoms with Crippen LogP contribution in [-0.2, 0) is 0 Å². The van der Waals surface area contributed by atoms with E-state index in [-0.39, 0.29) is 24.0 Å². The highest BCUT2D eigenvalue weighted by Crippen LogP contribution is 2.23. The summed E-state index contributed by atoms with van der Waals surface area (Å²) in [5.74, 6) is 2.23. The first-order chi connectivity index (χ1) is 11.3. The Bertz CT molecular complexity index is 551. The zero-order valence-corrected chi connectivity index (χ0v) is 17.4. The van der Waals surface area contributed by atoms with Crippen LogP contribution in [-0.4, -0.2) is 38.1 Å². The molecule has 0 amide bonds. The van der Waals surface area contributed by atoms with Crippen molar-refractivity contribution in [3.05, 3.63) is 71.8 Å². The molecule has 0 bridgehead atoms. The Kier molecular flexibility index (Phi) is 10.6. The van der Waals surface area contributed by atoms with Crippen molar-refractivity contribution in [1.29, 1.82) is 0 Å². The number of nitrogens with one attached hydrogen (secondary N) is 2. The molecule has 2 aromatic rings. The van der Waals surface area contributed by atoms with Crippen LogP contribution in [0.1, 0.15) is 17.0 Å². The van der Waals surface area contributed by atoms with Crippen molar-refractivity contribution in [2.45, 2.75) is 5.92 Å². The maximum absolute atomic E-state index is 4.30. The smallest absolute Gasteiger partial charge is 0.191 e. The molecule has 3 nitrogen and oxygen atoms in total. The van der Waals surface area contributed by atoms with E-state index in [1.807, 2.05) is 18.8 Å². The molecule has 2 N–H and O–H groups in total. The number of hydrogen-bond donors (Lipinski definition) is 2. The maximum atomic E-state index is 4.30. The molecule has 0 fully saturated rings. The van der Waals surface area contributed by atoms with Crippen LogP contribution in [0.25, 0.3) is 0 Å². The van der Waals surface area contributed by atoms with Crippen molar-refractivity contribution in [1.82, 2.24) is 10.6 Å². The fourth-order valence-corrected chi connectivity index (χ4v) is 2.80. The third-order valence-corrected chi connectivity index (χ3v) is 4.31. The van der Waals surface area contributed by atoms with Gasteiger partial charge in [0.15, 0.2) is 5.96 Å². The Morgan fingerprint density at radius 3 is 1.96 bits per heavy atom. The molecule has 24 heavy (non-hydrogen) atoms. The summed E-state index contributed by atoms with van der Waals surface area (Å²) < 4.78 is 0. The van der Waals surface area contributed by atoms with Gasteiger partial charge < -0.3 is 10.6 Å². The van der Waals surface area contributed by atoms with E-state index in [1.165, 1.54) is 11.1 Å². The normalized spacial score (nSPS) is 11.0. The van der Waals surface area contributed by atoms with E-state index in [1.54, 1.807) is 0 Å². The Morgan fingerprint density at radius 1 is 0.958 bits per heavy atom. The summed E-state index contributed by atoms with van der Waals surface area (Å²) in [4.78, 5) is 4.30. The van der Waals surface area contributed by atoms with Gasteiger partial charge in [0.1, 0.15) is 0 Å². The second kappa shape index (κ2) is 12.2. The first-order valence-electron chi connectivity index (χ1n) is 7.88.